The van der Waals surface area contributed by atoms with E-state index in [1.165, 1.54) is 5.56 Å². The Balaban J connectivity index is 2.26. The molecule has 0 spiro atoms. The summed E-state index contributed by atoms with van der Waals surface area (Å²) in [4.78, 5) is 11.3. The summed E-state index contributed by atoms with van der Waals surface area (Å²) in [5.74, 6) is -0.872. The second-order valence-corrected chi connectivity index (χ2v) is 5.81. The van der Waals surface area contributed by atoms with E-state index in [0.29, 0.717) is 19.4 Å². The molecule has 128 valence electrons. The first-order valence-electron chi connectivity index (χ1n) is 8.19. The monoisotopic (exact) mass is 321 g/mol. The summed E-state index contributed by atoms with van der Waals surface area (Å²) in [7, 11) is -0.533. The van der Waals surface area contributed by atoms with Gasteiger partial charge in [0, 0.05) is 0 Å². The largest absolute Gasteiger partial charge is 0.480 e. The molecule has 1 aromatic rings. The summed E-state index contributed by atoms with van der Waals surface area (Å²) in [6.45, 7) is 2.33. The highest BCUT2D eigenvalue weighted by molar-refractivity contribution is 6.45. The number of unbranched alkanes of at least 4 members (excludes halogenated alkanes) is 1. The summed E-state index contributed by atoms with van der Waals surface area (Å²) < 4.78 is 0. The van der Waals surface area contributed by atoms with Crippen LogP contribution in [-0.2, 0) is 11.2 Å². The number of carbonyl (C=O) groups is 1. The Kier molecular flexibility index (Phi) is 9.55. The van der Waals surface area contributed by atoms with Crippen molar-refractivity contribution in [1.29, 1.82) is 0 Å². The molecule has 1 rings (SSSR count). The number of benzene rings is 1. The van der Waals surface area contributed by atoms with Crippen molar-refractivity contribution in [2.45, 2.75) is 51.1 Å². The zero-order valence-electron chi connectivity index (χ0n) is 13.7. The fourth-order valence-electron chi connectivity index (χ4n) is 2.37. The Labute approximate surface area is 138 Å². The molecule has 6 nitrogen and oxygen atoms in total. The molecule has 6 N–H and O–H groups in total. The van der Waals surface area contributed by atoms with Crippen LogP contribution in [0.1, 0.15) is 31.2 Å². The summed E-state index contributed by atoms with van der Waals surface area (Å²) in [5, 5.41) is 24.3. The van der Waals surface area contributed by atoms with Gasteiger partial charge in [-0.1, -0.05) is 36.8 Å². The van der Waals surface area contributed by atoms with E-state index in [0.717, 1.165) is 19.3 Å². The Hall–Kier alpha value is -1.41. The molecule has 0 radical (unpaired) electrons. The minimum Gasteiger partial charge on any atom is -0.480 e. The number of carboxylic acids is 1. The molecule has 0 saturated heterocycles. The minimum atomic E-state index is -0.872. The predicted octanol–water partition coefficient (Wildman–Crippen LogP) is 0.817. The lowest BCUT2D eigenvalue weighted by Gasteiger charge is -2.20. The van der Waals surface area contributed by atoms with Gasteiger partial charge in [0.2, 0.25) is 0 Å². The summed E-state index contributed by atoms with van der Waals surface area (Å²) in [6, 6.07) is 9.37. The number of carboxylic acid groups (broad SMARTS) is 1. The Bertz CT molecular complexity index is 445. The van der Waals surface area contributed by atoms with Gasteiger partial charge >= 0.3 is 13.0 Å². The van der Waals surface area contributed by atoms with Crippen molar-refractivity contribution in [2.75, 3.05) is 6.54 Å². The van der Waals surface area contributed by atoms with Gasteiger partial charge in [-0.05, 0) is 44.6 Å². The molecule has 0 bridgehead atoms. The third-order valence-electron chi connectivity index (χ3n) is 3.66. The fraction of sp³-hybridized carbons (Fsp3) is 0.562. The quantitative estimate of drug-likeness (QED) is 0.222. The normalized spacial score (nSPS) is 13.5. The van der Waals surface area contributed by atoms with Crippen LogP contribution in [0.25, 0.3) is 0 Å². The zero-order valence-corrected chi connectivity index (χ0v) is 13.7. The third kappa shape index (κ3) is 9.35. The lowest BCUT2D eigenvalue weighted by molar-refractivity contribution is -0.140. The van der Waals surface area contributed by atoms with E-state index in [9.17, 15) is 9.90 Å². The van der Waals surface area contributed by atoms with Crippen molar-refractivity contribution >= 4 is 13.0 Å². The first-order chi connectivity index (χ1) is 11.0. The summed E-state index contributed by atoms with van der Waals surface area (Å²) in [5.41, 5.74) is 7.21. The first kappa shape index (κ1) is 19.6. The highest BCUT2D eigenvalue weighted by atomic mass is 16.4. The van der Waals surface area contributed by atoms with Crippen molar-refractivity contribution in [3.8, 4) is 0 Å². The Morgan fingerprint density at radius 3 is 2.57 bits per heavy atom. The van der Waals surface area contributed by atoms with Crippen LogP contribution in [0.15, 0.2) is 30.3 Å². The topological polar surface area (TPSA) is 108 Å². The van der Waals surface area contributed by atoms with Crippen LogP contribution in [0.3, 0.4) is 0 Å². The van der Waals surface area contributed by atoms with Gasteiger partial charge < -0.3 is 21.1 Å². The smallest absolute Gasteiger partial charge is 0.373 e. The second kappa shape index (κ2) is 11.2. The second-order valence-electron chi connectivity index (χ2n) is 5.81. The van der Waals surface area contributed by atoms with Gasteiger partial charge in [-0.15, -0.1) is 0 Å². The molecular formula is C16H28BN3O3. The maximum atomic E-state index is 11.3. The minimum absolute atomic E-state index is 0.341. The van der Waals surface area contributed by atoms with Crippen LogP contribution in [0, 0.1) is 0 Å². The van der Waals surface area contributed by atoms with Crippen molar-refractivity contribution < 1.29 is 14.9 Å². The molecule has 0 aliphatic rings. The van der Waals surface area contributed by atoms with Gasteiger partial charge in [0.05, 0.1) is 6.17 Å². The van der Waals surface area contributed by atoms with Crippen LogP contribution >= 0.6 is 0 Å². The standard InChI is InChI=1S/C16H28BN3O3/c1-17(23)19-12-6-5-9-14(16(21)22)20-15(18)11-10-13-7-3-2-4-8-13/h2-4,7-8,14-15,19-20,23H,5-6,9-12,18H2,1H3,(H,21,22). The summed E-state index contributed by atoms with van der Waals surface area (Å²) >= 11 is 0. The van der Waals surface area contributed by atoms with Crippen molar-refractivity contribution in [1.82, 2.24) is 10.5 Å². The zero-order chi connectivity index (χ0) is 17.1. The average Bonchev–Trinajstić information content (AvgIpc) is 2.52. The SMILES string of the molecule is CB(O)NCCCCC(NC(N)CCc1ccccc1)C(=O)O. The molecular weight excluding hydrogens is 293 g/mol. The van der Waals surface area contributed by atoms with Gasteiger partial charge in [-0.25, -0.2) is 0 Å². The van der Waals surface area contributed by atoms with E-state index in [4.69, 9.17) is 10.8 Å². The van der Waals surface area contributed by atoms with Crippen LogP contribution in [0.4, 0.5) is 0 Å². The molecule has 0 saturated carbocycles. The van der Waals surface area contributed by atoms with Crippen LogP contribution in [0.2, 0.25) is 6.82 Å². The number of aryl methyl sites for hydroxylation is 1. The molecule has 1 aromatic carbocycles. The van der Waals surface area contributed by atoms with Gasteiger partial charge in [-0.3, -0.25) is 10.1 Å². The Morgan fingerprint density at radius 1 is 1.26 bits per heavy atom. The molecule has 0 fully saturated rings. The number of hydrogen-bond acceptors (Lipinski definition) is 5. The average molecular weight is 321 g/mol. The molecule has 0 aliphatic heterocycles. The molecule has 2 unspecified atom stereocenters. The number of hydrogen-bond donors (Lipinski definition) is 5. The van der Waals surface area contributed by atoms with Gasteiger partial charge in [0.25, 0.3) is 0 Å². The fourth-order valence-corrected chi connectivity index (χ4v) is 2.37. The van der Waals surface area contributed by atoms with Gasteiger partial charge in [-0.2, -0.15) is 0 Å². The van der Waals surface area contributed by atoms with E-state index in [1.54, 1.807) is 6.82 Å². The van der Waals surface area contributed by atoms with E-state index in [2.05, 4.69) is 10.5 Å². The summed E-state index contributed by atoms with van der Waals surface area (Å²) in [6.07, 6.45) is 3.27. The third-order valence-corrected chi connectivity index (χ3v) is 3.66. The van der Waals surface area contributed by atoms with E-state index in [-0.39, 0.29) is 6.17 Å². The van der Waals surface area contributed by atoms with E-state index < -0.39 is 19.1 Å². The first-order valence-corrected chi connectivity index (χ1v) is 8.19. The highest BCUT2D eigenvalue weighted by Crippen LogP contribution is 2.06. The number of rotatable bonds is 12. The predicted molar refractivity (Wildman–Crippen MR) is 93.0 cm³/mol. The van der Waals surface area contributed by atoms with Gasteiger partial charge in [0.1, 0.15) is 6.04 Å². The molecule has 0 amide bonds. The van der Waals surface area contributed by atoms with Crippen LogP contribution in [-0.4, -0.2) is 41.9 Å². The maximum Gasteiger partial charge on any atom is 0.373 e. The van der Waals surface area contributed by atoms with Crippen molar-refractivity contribution in [2.24, 2.45) is 5.73 Å². The van der Waals surface area contributed by atoms with Gasteiger partial charge in [0.15, 0.2) is 0 Å². The van der Waals surface area contributed by atoms with Crippen LogP contribution in [0.5, 0.6) is 0 Å². The number of nitrogens with two attached hydrogens (primary N) is 1. The highest BCUT2D eigenvalue weighted by Gasteiger charge is 2.19. The molecule has 0 aliphatic carbocycles. The molecule has 2 atom stereocenters. The number of nitrogens with one attached hydrogen (secondary N) is 2. The maximum absolute atomic E-state index is 11.3. The molecule has 0 heterocycles. The lowest BCUT2D eigenvalue weighted by atomic mass is 9.89. The van der Waals surface area contributed by atoms with Crippen LogP contribution < -0.4 is 16.3 Å². The number of aliphatic carboxylic acids is 1. The van der Waals surface area contributed by atoms with E-state index >= 15 is 0 Å². The van der Waals surface area contributed by atoms with Crippen molar-refractivity contribution in [3.05, 3.63) is 35.9 Å². The van der Waals surface area contributed by atoms with E-state index in [1.807, 2.05) is 30.3 Å². The molecule has 7 heteroatoms. The molecule has 0 aromatic heterocycles. The lowest BCUT2D eigenvalue weighted by Crippen LogP contribution is -2.48. The van der Waals surface area contributed by atoms with Crippen molar-refractivity contribution in [3.63, 3.8) is 0 Å². The Morgan fingerprint density at radius 2 is 1.96 bits per heavy atom. The molecule has 23 heavy (non-hydrogen) atoms.